The summed E-state index contributed by atoms with van der Waals surface area (Å²) in [6.07, 6.45) is 3.83. The Hall–Kier alpha value is -2.20. The predicted octanol–water partition coefficient (Wildman–Crippen LogP) is 3.62. The zero-order valence-corrected chi connectivity index (χ0v) is 18.1. The van der Waals surface area contributed by atoms with Gasteiger partial charge in [-0.25, -0.2) is 13.4 Å². The first kappa shape index (κ1) is 20.1. The van der Waals surface area contributed by atoms with Gasteiger partial charge in [-0.15, -0.1) is 23.1 Å². The maximum absolute atomic E-state index is 13.3. The molecule has 0 spiro atoms. The Kier molecular flexibility index (Phi) is 5.73. The normalized spacial score (nSPS) is 16.9. The number of nitrogens with zero attached hydrogens (tertiary/aromatic N) is 2. The van der Waals surface area contributed by atoms with Crippen LogP contribution in [-0.4, -0.2) is 35.9 Å². The van der Waals surface area contributed by atoms with Gasteiger partial charge in [-0.05, 0) is 47.4 Å². The first-order valence-corrected chi connectivity index (χ1v) is 12.5. The number of thiophene rings is 1. The van der Waals surface area contributed by atoms with Gasteiger partial charge in [0.1, 0.15) is 10.3 Å². The molecule has 1 N–H and O–H groups in total. The highest BCUT2D eigenvalue weighted by Gasteiger charge is 2.40. The summed E-state index contributed by atoms with van der Waals surface area (Å²) in [4.78, 5) is 17.4. The largest absolute Gasteiger partial charge is 0.323 e. The molecule has 0 saturated heterocycles. The van der Waals surface area contributed by atoms with Gasteiger partial charge < -0.3 is 5.32 Å². The van der Waals surface area contributed by atoms with Crippen molar-refractivity contribution in [2.24, 2.45) is 0 Å². The monoisotopic (exact) mass is 445 g/mol. The number of sulfonamides is 1. The first-order chi connectivity index (χ1) is 14.0. The van der Waals surface area contributed by atoms with Gasteiger partial charge in [-0.3, -0.25) is 4.79 Å². The molecule has 150 valence electrons. The number of amides is 1. The number of carbonyl (C=O) groups excluding carboxylic acids is 1. The molecular formula is C20H19N3O3S3. The number of thioether (sulfide) groups is 1. The van der Waals surface area contributed by atoms with Gasteiger partial charge in [0.15, 0.2) is 0 Å². The van der Waals surface area contributed by atoms with Crippen molar-refractivity contribution in [3.63, 3.8) is 0 Å². The Bertz CT molecular complexity index is 1110. The number of benzene rings is 1. The number of anilines is 1. The van der Waals surface area contributed by atoms with E-state index in [-0.39, 0.29) is 16.7 Å². The van der Waals surface area contributed by atoms with E-state index in [0.717, 1.165) is 27.5 Å². The van der Waals surface area contributed by atoms with E-state index in [4.69, 9.17) is 0 Å². The van der Waals surface area contributed by atoms with Crippen molar-refractivity contribution in [1.82, 2.24) is 9.29 Å². The van der Waals surface area contributed by atoms with E-state index in [1.54, 1.807) is 29.8 Å². The summed E-state index contributed by atoms with van der Waals surface area (Å²) >= 11 is 2.66. The topological polar surface area (TPSA) is 79.4 Å². The van der Waals surface area contributed by atoms with E-state index in [1.165, 1.54) is 16.1 Å². The number of pyridine rings is 1. The van der Waals surface area contributed by atoms with Gasteiger partial charge in [0.25, 0.3) is 10.0 Å². The van der Waals surface area contributed by atoms with Gasteiger partial charge in [0.05, 0.1) is 16.9 Å². The summed E-state index contributed by atoms with van der Waals surface area (Å²) in [6, 6.07) is 13.7. The van der Waals surface area contributed by atoms with E-state index in [9.17, 15) is 13.2 Å². The number of fused-ring (bicyclic) bond motifs is 1. The molecule has 3 heterocycles. The van der Waals surface area contributed by atoms with Crippen molar-refractivity contribution in [3.05, 3.63) is 71.2 Å². The minimum absolute atomic E-state index is 0.165. The molecule has 0 bridgehead atoms. The molecule has 0 saturated carbocycles. The van der Waals surface area contributed by atoms with Gasteiger partial charge >= 0.3 is 0 Å². The zero-order valence-electron chi connectivity index (χ0n) is 15.6. The lowest BCUT2D eigenvalue weighted by Gasteiger charge is -2.34. The molecule has 1 aliphatic heterocycles. The second-order valence-corrected chi connectivity index (χ2v) is 10.4. The van der Waals surface area contributed by atoms with Crippen LogP contribution in [0, 0.1) is 0 Å². The van der Waals surface area contributed by atoms with Crippen LogP contribution in [0.1, 0.15) is 11.1 Å². The summed E-state index contributed by atoms with van der Waals surface area (Å²) < 4.78 is 28.0. The van der Waals surface area contributed by atoms with Crippen LogP contribution >= 0.6 is 23.1 Å². The molecule has 1 atom stereocenters. The van der Waals surface area contributed by atoms with Crippen LogP contribution in [0.3, 0.4) is 0 Å². The molecule has 4 rings (SSSR count). The van der Waals surface area contributed by atoms with Gasteiger partial charge in [0, 0.05) is 6.54 Å². The van der Waals surface area contributed by atoms with Crippen molar-refractivity contribution in [3.8, 4) is 0 Å². The van der Waals surface area contributed by atoms with E-state index >= 15 is 0 Å². The van der Waals surface area contributed by atoms with Crippen molar-refractivity contribution < 1.29 is 13.2 Å². The van der Waals surface area contributed by atoms with Crippen molar-refractivity contribution in [2.45, 2.75) is 28.2 Å². The standard InChI is InChI=1S/C20H19N3O3S3/c1-27-18-9-8-16(12-21-18)22-20(24)17-11-14-5-2-3-6-15(14)13-23(17)29(25,26)19-7-4-10-28-19/h2-10,12,17H,11,13H2,1H3,(H,22,24)/t17-/m0/s1. The van der Waals surface area contributed by atoms with Crippen LogP contribution in [-0.2, 0) is 27.8 Å². The molecule has 29 heavy (non-hydrogen) atoms. The number of hydrogen-bond acceptors (Lipinski definition) is 6. The Labute approximate surface area is 178 Å². The molecule has 0 unspecified atom stereocenters. The summed E-state index contributed by atoms with van der Waals surface area (Å²) in [7, 11) is -3.79. The Balaban J connectivity index is 1.66. The van der Waals surface area contributed by atoms with Crippen molar-refractivity contribution >= 4 is 44.7 Å². The number of carbonyl (C=O) groups is 1. The van der Waals surface area contributed by atoms with E-state index in [1.807, 2.05) is 36.6 Å². The third-order valence-corrected chi connectivity index (χ3v) is 8.67. The number of hydrogen-bond donors (Lipinski definition) is 1. The molecule has 2 aromatic heterocycles. The molecule has 6 nitrogen and oxygen atoms in total. The molecule has 1 aliphatic rings. The second-order valence-electron chi connectivity index (χ2n) is 6.55. The highest BCUT2D eigenvalue weighted by molar-refractivity contribution is 7.98. The zero-order chi connectivity index (χ0) is 20.4. The summed E-state index contributed by atoms with van der Waals surface area (Å²) in [5, 5.41) is 5.39. The lowest BCUT2D eigenvalue weighted by molar-refractivity contribution is -0.120. The average molecular weight is 446 g/mol. The van der Waals surface area contributed by atoms with Gasteiger partial charge in [-0.2, -0.15) is 4.31 Å². The van der Waals surface area contributed by atoms with Crippen LogP contribution in [0.25, 0.3) is 0 Å². The van der Waals surface area contributed by atoms with Gasteiger partial charge in [0.2, 0.25) is 5.91 Å². The van der Waals surface area contributed by atoms with Crippen molar-refractivity contribution in [1.29, 1.82) is 0 Å². The molecule has 0 radical (unpaired) electrons. The van der Waals surface area contributed by atoms with E-state index < -0.39 is 16.1 Å². The fourth-order valence-electron chi connectivity index (χ4n) is 3.30. The molecule has 0 aliphatic carbocycles. The van der Waals surface area contributed by atoms with Crippen LogP contribution in [0.5, 0.6) is 0 Å². The third kappa shape index (κ3) is 4.09. The Morgan fingerprint density at radius 2 is 1.97 bits per heavy atom. The second kappa shape index (κ2) is 8.27. The minimum atomic E-state index is -3.79. The van der Waals surface area contributed by atoms with Crippen LogP contribution in [0.4, 0.5) is 5.69 Å². The average Bonchev–Trinajstić information content (AvgIpc) is 3.29. The third-order valence-electron chi connectivity index (χ3n) is 4.78. The highest BCUT2D eigenvalue weighted by Crippen LogP contribution is 2.31. The minimum Gasteiger partial charge on any atom is -0.323 e. The lowest BCUT2D eigenvalue weighted by atomic mass is 9.95. The van der Waals surface area contributed by atoms with Gasteiger partial charge in [-0.1, -0.05) is 30.3 Å². The molecule has 9 heteroatoms. The van der Waals surface area contributed by atoms with Crippen molar-refractivity contribution in [2.75, 3.05) is 11.6 Å². The van der Waals surface area contributed by atoms with Crippen LogP contribution < -0.4 is 5.32 Å². The smallest absolute Gasteiger partial charge is 0.253 e. The molecule has 0 fully saturated rings. The van der Waals surface area contributed by atoms with Crippen LogP contribution in [0.15, 0.2) is 69.3 Å². The molecule has 1 amide bonds. The predicted molar refractivity (Wildman–Crippen MR) is 116 cm³/mol. The van der Waals surface area contributed by atoms with E-state index in [0.29, 0.717) is 12.1 Å². The van der Waals surface area contributed by atoms with E-state index in [2.05, 4.69) is 10.3 Å². The molecule has 1 aromatic carbocycles. The quantitative estimate of drug-likeness (QED) is 0.607. The Morgan fingerprint density at radius 3 is 2.62 bits per heavy atom. The lowest BCUT2D eigenvalue weighted by Crippen LogP contribution is -2.50. The molecular weight excluding hydrogens is 426 g/mol. The first-order valence-electron chi connectivity index (χ1n) is 8.92. The summed E-state index contributed by atoms with van der Waals surface area (Å²) in [5.41, 5.74) is 2.45. The Morgan fingerprint density at radius 1 is 1.17 bits per heavy atom. The number of aromatic nitrogens is 1. The number of rotatable bonds is 5. The SMILES string of the molecule is CSc1ccc(NC(=O)[C@@H]2Cc3ccccc3CN2S(=O)(=O)c2cccs2)cn1. The fourth-order valence-corrected chi connectivity index (χ4v) is 6.35. The summed E-state index contributed by atoms with van der Waals surface area (Å²) in [5.74, 6) is -0.363. The van der Waals surface area contributed by atoms with Crippen LogP contribution in [0.2, 0.25) is 0 Å². The maximum Gasteiger partial charge on any atom is 0.253 e. The maximum atomic E-state index is 13.3. The summed E-state index contributed by atoms with van der Waals surface area (Å²) in [6.45, 7) is 0.165. The fraction of sp³-hybridized carbons (Fsp3) is 0.200. The highest BCUT2D eigenvalue weighted by atomic mass is 32.2. The molecule has 3 aromatic rings. The number of nitrogens with one attached hydrogen (secondary N) is 1.